The fraction of sp³-hybridized carbons (Fsp3) is 0.377. The molecular weight excluding hydrogens is 825 g/mol. The number of nitrogens with zero attached hydrogens (tertiary/aromatic N) is 2. The highest BCUT2D eigenvalue weighted by molar-refractivity contribution is 5.42. The minimum atomic E-state index is -0.255. The monoisotopic (exact) mass is 901 g/mol. The van der Waals surface area contributed by atoms with Crippen LogP contribution in [0.3, 0.4) is 0 Å². The summed E-state index contributed by atoms with van der Waals surface area (Å²) in [5.74, 6) is 2.04. The van der Waals surface area contributed by atoms with E-state index in [-0.39, 0.29) is 40.8 Å². The van der Waals surface area contributed by atoms with Crippen LogP contribution in [0.1, 0.15) is 159 Å². The van der Waals surface area contributed by atoms with Crippen LogP contribution in [0.2, 0.25) is 0 Å². The zero-order chi connectivity index (χ0) is 48.5. The van der Waals surface area contributed by atoms with Crippen molar-refractivity contribution in [3.8, 4) is 11.5 Å². The molecule has 0 fully saturated rings. The highest BCUT2D eigenvalue weighted by Crippen LogP contribution is 2.39. The van der Waals surface area contributed by atoms with Gasteiger partial charge in [-0.2, -0.15) is 10.1 Å². The van der Waals surface area contributed by atoms with E-state index < -0.39 is 0 Å². The Morgan fingerprint density at radius 1 is 0.463 bits per heavy atom. The summed E-state index contributed by atoms with van der Waals surface area (Å²) in [6, 6.07) is 55.2. The average molecular weight is 901 g/mol. The molecule has 6 aromatic rings. The third-order valence-electron chi connectivity index (χ3n) is 12.6. The van der Waals surface area contributed by atoms with E-state index in [0.29, 0.717) is 19.1 Å². The zero-order valence-corrected chi connectivity index (χ0v) is 42.5. The number of rotatable bonds is 20. The Bertz CT molecular complexity index is 2430. The van der Waals surface area contributed by atoms with Gasteiger partial charge in [0.1, 0.15) is 36.9 Å². The van der Waals surface area contributed by atoms with Gasteiger partial charge in [-0.05, 0) is 137 Å². The molecule has 0 amide bonds. The summed E-state index contributed by atoms with van der Waals surface area (Å²) in [6.07, 6.45) is -0.278. The highest BCUT2D eigenvalue weighted by atomic mass is 16.7. The Balaban J connectivity index is 0.999. The molecule has 6 nitrogen and oxygen atoms in total. The molecule has 6 rings (SSSR count). The third kappa shape index (κ3) is 13.4. The first-order chi connectivity index (χ1) is 31.7. The molecule has 0 radical (unpaired) electrons. The van der Waals surface area contributed by atoms with Crippen LogP contribution in [0.15, 0.2) is 170 Å². The summed E-state index contributed by atoms with van der Waals surface area (Å²) in [7, 11) is 0. The van der Waals surface area contributed by atoms with Crippen LogP contribution in [0.25, 0.3) is 0 Å². The van der Waals surface area contributed by atoms with Crippen LogP contribution in [0.5, 0.6) is 11.5 Å². The van der Waals surface area contributed by atoms with Crippen molar-refractivity contribution in [3.63, 3.8) is 0 Å². The molecule has 0 heterocycles. The topological polar surface area (TPSA) is 43.4 Å². The predicted molar refractivity (Wildman–Crippen MR) is 277 cm³/mol. The maximum atomic E-state index is 6.78. The lowest BCUT2D eigenvalue weighted by atomic mass is 9.78. The Hall–Kier alpha value is -5.50. The van der Waals surface area contributed by atoms with Gasteiger partial charge in [-0.15, -0.1) is 0 Å². The Morgan fingerprint density at radius 2 is 0.836 bits per heavy atom. The minimum Gasteiger partial charge on any atom is -0.489 e. The van der Waals surface area contributed by atoms with Crippen molar-refractivity contribution in [2.75, 3.05) is 0 Å². The Morgan fingerprint density at radius 3 is 1.19 bits per heavy atom. The van der Waals surface area contributed by atoms with Gasteiger partial charge >= 0.3 is 0 Å². The first-order valence-electron chi connectivity index (χ1n) is 24.0. The van der Waals surface area contributed by atoms with Gasteiger partial charge < -0.3 is 9.47 Å². The van der Waals surface area contributed by atoms with Crippen molar-refractivity contribution in [1.29, 1.82) is 0 Å². The van der Waals surface area contributed by atoms with E-state index in [4.69, 9.17) is 19.1 Å². The molecule has 67 heavy (non-hydrogen) atoms. The van der Waals surface area contributed by atoms with Crippen molar-refractivity contribution >= 4 is 0 Å². The molecule has 0 saturated carbocycles. The van der Waals surface area contributed by atoms with E-state index >= 15 is 0 Å². The van der Waals surface area contributed by atoms with E-state index in [1.165, 1.54) is 16.7 Å². The maximum absolute atomic E-state index is 6.78. The van der Waals surface area contributed by atoms with Crippen molar-refractivity contribution < 1.29 is 19.1 Å². The summed E-state index contributed by atoms with van der Waals surface area (Å²) in [5, 5.41) is 4.29. The van der Waals surface area contributed by atoms with Crippen LogP contribution >= 0.6 is 0 Å². The molecule has 0 aromatic heterocycles. The predicted octanol–water partition coefficient (Wildman–Crippen LogP) is 16.1. The van der Waals surface area contributed by atoms with Gasteiger partial charge in [-0.3, -0.25) is 9.68 Å². The van der Waals surface area contributed by atoms with Crippen LogP contribution < -0.4 is 9.47 Å². The lowest BCUT2D eigenvalue weighted by Crippen LogP contribution is -2.46. The summed E-state index contributed by atoms with van der Waals surface area (Å²) >= 11 is 0. The summed E-state index contributed by atoms with van der Waals surface area (Å²) in [6.45, 7) is 33.8. The van der Waals surface area contributed by atoms with Crippen molar-refractivity contribution in [1.82, 2.24) is 10.1 Å². The Labute approximate surface area is 403 Å². The molecule has 354 valence electrons. The van der Waals surface area contributed by atoms with Gasteiger partial charge in [0.25, 0.3) is 0 Å². The van der Waals surface area contributed by atoms with E-state index in [1.807, 2.05) is 6.07 Å². The third-order valence-corrected chi connectivity index (χ3v) is 12.6. The van der Waals surface area contributed by atoms with Crippen molar-refractivity contribution in [2.45, 2.75) is 144 Å². The summed E-state index contributed by atoms with van der Waals surface area (Å²) in [5.41, 5.74) is 9.64. The van der Waals surface area contributed by atoms with Crippen LogP contribution in [-0.2, 0) is 28.3 Å². The first kappa shape index (κ1) is 50.9. The fourth-order valence-corrected chi connectivity index (χ4v) is 8.61. The minimum absolute atomic E-state index is 0.0682. The van der Waals surface area contributed by atoms with Gasteiger partial charge in [-0.1, -0.05) is 173 Å². The molecule has 6 heteroatoms. The number of hydroxylamine groups is 4. The SMILES string of the molecule is C=C(C)C(c1ccccc1)N(OC(C)c1ccc(COc2ccc(C(C)(C)c3ccc(OCc4ccc(C(C)ON(C(c5ccccc5)C(C)C)C(C)(C)C)cc4)cc3)cc2)cc1)C(C)(C)C. The van der Waals surface area contributed by atoms with Crippen molar-refractivity contribution in [3.05, 3.63) is 214 Å². The summed E-state index contributed by atoms with van der Waals surface area (Å²) < 4.78 is 12.5. The number of hydrogen-bond donors (Lipinski definition) is 0. The number of benzene rings is 6. The fourth-order valence-electron chi connectivity index (χ4n) is 8.61. The zero-order valence-electron chi connectivity index (χ0n) is 42.5. The number of hydrogen-bond acceptors (Lipinski definition) is 6. The van der Waals surface area contributed by atoms with E-state index in [0.717, 1.165) is 44.9 Å². The smallest absolute Gasteiger partial charge is 0.119 e. The molecule has 0 N–H and O–H groups in total. The van der Waals surface area contributed by atoms with Gasteiger partial charge in [0, 0.05) is 16.5 Å². The lowest BCUT2D eigenvalue weighted by Gasteiger charge is -2.44. The molecule has 0 aliphatic rings. The van der Waals surface area contributed by atoms with Gasteiger partial charge in [0.2, 0.25) is 0 Å². The summed E-state index contributed by atoms with van der Waals surface area (Å²) in [4.78, 5) is 13.5. The molecule has 4 unspecified atom stereocenters. The van der Waals surface area contributed by atoms with Crippen LogP contribution in [0, 0.1) is 5.92 Å². The van der Waals surface area contributed by atoms with E-state index in [2.05, 4.69) is 258 Å². The number of ether oxygens (including phenoxy) is 2. The lowest BCUT2D eigenvalue weighted by molar-refractivity contribution is -0.272. The van der Waals surface area contributed by atoms with Crippen molar-refractivity contribution in [2.24, 2.45) is 5.92 Å². The average Bonchev–Trinajstić information content (AvgIpc) is 3.30. The van der Waals surface area contributed by atoms with Gasteiger partial charge in [-0.25, -0.2) is 0 Å². The normalized spacial score (nSPS) is 14.2. The maximum Gasteiger partial charge on any atom is 0.119 e. The largest absolute Gasteiger partial charge is 0.489 e. The van der Waals surface area contributed by atoms with Gasteiger partial charge in [0.15, 0.2) is 0 Å². The molecule has 0 spiro atoms. The van der Waals surface area contributed by atoms with Crippen LogP contribution in [0.4, 0.5) is 0 Å². The molecule has 0 aliphatic carbocycles. The second-order valence-electron chi connectivity index (χ2n) is 21.0. The molecule has 6 aromatic carbocycles. The molecule has 0 bridgehead atoms. The highest BCUT2D eigenvalue weighted by Gasteiger charge is 2.36. The Kier molecular flexibility index (Phi) is 16.8. The second kappa shape index (κ2) is 22.1. The molecule has 0 aliphatic heterocycles. The molecule has 4 atom stereocenters. The van der Waals surface area contributed by atoms with E-state index in [1.54, 1.807) is 0 Å². The van der Waals surface area contributed by atoms with Crippen LogP contribution in [-0.4, -0.2) is 21.2 Å². The van der Waals surface area contributed by atoms with Gasteiger partial charge in [0.05, 0.1) is 12.1 Å². The second-order valence-corrected chi connectivity index (χ2v) is 21.0. The molecule has 0 saturated heterocycles. The molecular formula is C61H76N2O4. The quantitative estimate of drug-likeness (QED) is 0.0562. The van der Waals surface area contributed by atoms with E-state index in [9.17, 15) is 0 Å². The first-order valence-corrected chi connectivity index (χ1v) is 24.0. The standard InChI is InChI=1S/C61H76N2O4/c1-43(2)57(51-21-17-15-18-22-51)62(59(7,8)9)66-45(5)49-29-25-47(26-30-49)41-64-55-37-33-53(34-38-55)61(13,14)54-35-39-56(40-36-54)65-42-48-27-31-50(32-28-48)46(6)67-63(60(10,11)12)58(44(3)4)52-23-19-16-20-24-52/h15-40,44-46,57-58H,1,41-42H2,2-14H3.